The Bertz CT molecular complexity index is 3980. The lowest BCUT2D eigenvalue weighted by Gasteiger charge is -2.26. The maximum atomic E-state index is 6.46. The number of furan rings is 1. The number of nitrogens with zero attached hydrogens (tertiary/aromatic N) is 2. The molecule has 3 heteroatoms. The van der Waals surface area contributed by atoms with Gasteiger partial charge in [-0.05, 0) is 146 Å². The lowest BCUT2D eigenvalue weighted by atomic mass is 9.90. The third kappa shape index (κ3) is 6.76. The second kappa shape index (κ2) is 16.0. The summed E-state index contributed by atoms with van der Waals surface area (Å²) in [7, 11) is 0. The van der Waals surface area contributed by atoms with Crippen LogP contribution >= 0.6 is 0 Å². The molecule has 0 fully saturated rings. The summed E-state index contributed by atoms with van der Waals surface area (Å²) < 4.78 is 8.83. The number of para-hydroxylation sites is 4. The fourth-order valence-electron chi connectivity index (χ4n) is 10.1. The molecule has 13 rings (SSSR count). The van der Waals surface area contributed by atoms with Gasteiger partial charge in [0.05, 0.1) is 11.0 Å². The van der Waals surface area contributed by atoms with E-state index in [0.29, 0.717) is 0 Å². The summed E-state index contributed by atoms with van der Waals surface area (Å²) in [6, 6.07) is 92.0. The van der Waals surface area contributed by atoms with Gasteiger partial charge in [-0.3, -0.25) is 0 Å². The molecule has 0 radical (unpaired) electrons. The standard InChI is InChI=1S/C64H42N2O/c1-3-17-51(18-4-1)65(54-34-30-43-14-7-8-15-46(43)39-54)53-21-13-16-47(38-53)44-26-28-45(29-27-44)55-35-31-48(40-59(55)50-32-36-58-57-23-10-12-25-63(57)67-64(58)42-50)49-33-37-62-60(41-49)56-22-9-11-24-61(56)66(62)52-19-5-2-6-20-52/h1-42H. The van der Waals surface area contributed by atoms with Gasteiger partial charge < -0.3 is 13.9 Å². The smallest absolute Gasteiger partial charge is 0.136 e. The Kier molecular flexibility index (Phi) is 9.17. The van der Waals surface area contributed by atoms with Crippen molar-refractivity contribution < 1.29 is 4.42 Å². The highest BCUT2D eigenvalue weighted by atomic mass is 16.3. The predicted molar refractivity (Wildman–Crippen MR) is 282 cm³/mol. The molecule has 314 valence electrons. The van der Waals surface area contributed by atoms with Crippen molar-refractivity contribution in [2.45, 2.75) is 0 Å². The number of fused-ring (bicyclic) bond motifs is 7. The number of aromatic nitrogens is 1. The van der Waals surface area contributed by atoms with E-state index in [4.69, 9.17) is 4.42 Å². The molecule has 0 saturated heterocycles. The Morgan fingerprint density at radius 3 is 1.76 bits per heavy atom. The molecule has 0 saturated carbocycles. The number of hydrogen-bond donors (Lipinski definition) is 0. The lowest BCUT2D eigenvalue weighted by Crippen LogP contribution is -2.09. The molecule has 2 heterocycles. The van der Waals surface area contributed by atoms with Crippen LogP contribution in [-0.2, 0) is 0 Å². The first-order valence-electron chi connectivity index (χ1n) is 22.9. The summed E-state index contributed by atoms with van der Waals surface area (Å²) in [6.07, 6.45) is 0. The fourth-order valence-corrected chi connectivity index (χ4v) is 10.1. The van der Waals surface area contributed by atoms with Crippen LogP contribution in [0.4, 0.5) is 17.1 Å². The summed E-state index contributed by atoms with van der Waals surface area (Å²) >= 11 is 0. The minimum absolute atomic E-state index is 0.883. The van der Waals surface area contributed by atoms with Crippen LogP contribution in [0, 0.1) is 0 Å². The van der Waals surface area contributed by atoms with Gasteiger partial charge in [-0.15, -0.1) is 0 Å². The van der Waals surface area contributed by atoms with Gasteiger partial charge in [0, 0.05) is 44.3 Å². The zero-order valence-electron chi connectivity index (χ0n) is 36.6. The van der Waals surface area contributed by atoms with Crippen molar-refractivity contribution in [3.05, 3.63) is 255 Å². The Morgan fingerprint density at radius 1 is 0.284 bits per heavy atom. The van der Waals surface area contributed by atoms with Crippen molar-refractivity contribution in [2.75, 3.05) is 4.90 Å². The summed E-state index contributed by atoms with van der Waals surface area (Å²) in [5, 5.41) is 7.16. The van der Waals surface area contributed by atoms with Crippen molar-refractivity contribution in [1.82, 2.24) is 4.57 Å². The van der Waals surface area contributed by atoms with E-state index in [1.807, 2.05) is 12.1 Å². The number of anilines is 3. The highest BCUT2D eigenvalue weighted by Gasteiger charge is 2.18. The first kappa shape index (κ1) is 38.5. The van der Waals surface area contributed by atoms with Gasteiger partial charge in [-0.25, -0.2) is 0 Å². The molecule has 3 nitrogen and oxygen atoms in total. The van der Waals surface area contributed by atoms with E-state index < -0.39 is 0 Å². The molecule has 0 unspecified atom stereocenters. The van der Waals surface area contributed by atoms with E-state index in [2.05, 4.69) is 252 Å². The van der Waals surface area contributed by atoms with E-state index in [-0.39, 0.29) is 0 Å². The van der Waals surface area contributed by atoms with Crippen LogP contribution in [0.5, 0.6) is 0 Å². The maximum absolute atomic E-state index is 6.46. The van der Waals surface area contributed by atoms with Crippen LogP contribution in [-0.4, -0.2) is 4.57 Å². The minimum Gasteiger partial charge on any atom is -0.456 e. The highest BCUT2D eigenvalue weighted by molar-refractivity contribution is 6.11. The van der Waals surface area contributed by atoms with Gasteiger partial charge >= 0.3 is 0 Å². The van der Waals surface area contributed by atoms with E-state index in [9.17, 15) is 0 Å². The van der Waals surface area contributed by atoms with Crippen LogP contribution in [0.1, 0.15) is 0 Å². The molecule has 0 atom stereocenters. The van der Waals surface area contributed by atoms with Gasteiger partial charge in [0.2, 0.25) is 0 Å². The van der Waals surface area contributed by atoms with E-state index in [0.717, 1.165) is 83.6 Å². The summed E-state index contributed by atoms with van der Waals surface area (Å²) in [5.41, 5.74) is 17.9. The molecule has 0 N–H and O–H groups in total. The van der Waals surface area contributed by atoms with Crippen molar-refractivity contribution in [3.8, 4) is 50.2 Å². The zero-order chi connectivity index (χ0) is 44.3. The Morgan fingerprint density at radius 2 is 0.896 bits per heavy atom. The number of benzene rings is 11. The van der Waals surface area contributed by atoms with Crippen molar-refractivity contribution >= 4 is 71.6 Å². The van der Waals surface area contributed by atoms with Gasteiger partial charge in [-0.1, -0.05) is 164 Å². The quantitative estimate of drug-likeness (QED) is 0.152. The first-order chi connectivity index (χ1) is 33.2. The molecule has 11 aromatic carbocycles. The van der Waals surface area contributed by atoms with Crippen LogP contribution in [0.2, 0.25) is 0 Å². The first-order valence-corrected chi connectivity index (χ1v) is 22.9. The SMILES string of the molecule is c1ccc(N(c2cccc(-c3ccc(-c4ccc(-c5ccc6c(c5)c5ccccc5n6-c5ccccc5)cc4-c4ccc5c(c4)oc4ccccc45)cc3)c2)c2ccc3ccccc3c2)cc1. The topological polar surface area (TPSA) is 21.3 Å². The second-order valence-electron chi connectivity index (χ2n) is 17.3. The number of hydrogen-bond acceptors (Lipinski definition) is 2. The molecule has 0 aliphatic carbocycles. The second-order valence-corrected chi connectivity index (χ2v) is 17.3. The molecule has 0 aliphatic heterocycles. The van der Waals surface area contributed by atoms with Gasteiger partial charge in [0.25, 0.3) is 0 Å². The molecular weight excluding hydrogens is 813 g/mol. The van der Waals surface area contributed by atoms with Crippen LogP contribution in [0.25, 0.3) is 105 Å². The lowest BCUT2D eigenvalue weighted by molar-refractivity contribution is 0.669. The summed E-state index contributed by atoms with van der Waals surface area (Å²) in [6.45, 7) is 0. The highest BCUT2D eigenvalue weighted by Crippen LogP contribution is 2.42. The Balaban J connectivity index is 0.911. The van der Waals surface area contributed by atoms with Crippen LogP contribution in [0.3, 0.4) is 0 Å². The zero-order valence-corrected chi connectivity index (χ0v) is 36.6. The molecule has 0 amide bonds. The van der Waals surface area contributed by atoms with E-state index in [1.165, 1.54) is 38.1 Å². The monoisotopic (exact) mass is 854 g/mol. The normalized spacial score (nSPS) is 11.6. The average molecular weight is 855 g/mol. The minimum atomic E-state index is 0.883. The Labute approximate surface area is 388 Å². The van der Waals surface area contributed by atoms with Crippen molar-refractivity contribution in [3.63, 3.8) is 0 Å². The number of rotatable bonds is 8. The molecule has 0 bridgehead atoms. The molecule has 2 aromatic heterocycles. The van der Waals surface area contributed by atoms with Crippen molar-refractivity contribution in [1.29, 1.82) is 0 Å². The largest absolute Gasteiger partial charge is 0.456 e. The predicted octanol–water partition coefficient (Wildman–Crippen LogP) is 18.0. The fraction of sp³-hybridized carbons (Fsp3) is 0. The summed E-state index contributed by atoms with van der Waals surface area (Å²) in [4.78, 5) is 2.34. The van der Waals surface area contributed by atoms with Gasteiger partial charge in [-0.2, -0.15) is 0 Å². The van der Waals surface area contributed by atoms with Gasteiger partial charge in [0.1, 0.15) is 11.2 Å². The molecular formula is C64H42N2O. The van der Waals surface area contributed by atoms with Gasteiger partial charge in [0.15, 0.2) is 0 Å². The summed E-state index contributed by atoms with van der Waals surface area (Å²) in [5.74, 6) is 0. The third-order valence-corrected chi connectivity index (χ3v) is 13.4. The molecule has 13 aromatic rings. The molecule has 0 aliphatic rings. The third-order valence-electron chi connectivity index (χ3n) is 13.4. The van der Waals surface area contributed by atoms with E-state index >= 15 is 0 Å². The van der Waals surface area contributed by atoms with Crippen LogP contribution < -0.4 is 4.90 Å². The molecule has 0 spiro atoms. The maximum Gasteiger partial charge on any atom is 0.136 e. The van der Waals surface area contributed by atoms with Crippen LogP contribution in [0.15, 0.2) is 259 Å². The molecule has 67 heavy (non-hydrogen) atoms. The van der Waals surface area contributed by atoms with Crippen molar-refractivity contribution in [2.24, 2.45) is 0 Å². The van der Waals surface area contributed by atoms with E-state index in [1.54, 1.807) is 0 Å². The average Bonchev–Trinajstić information content (AvgIpc) is 3.94. The Hall–Kier alpha value is -8.92.